The SMILES string of the molecule is Clc1ccc(Cc2nnc(SCc3ccccc3Cl)o2)cc1. The first-order valence-electron chi connectivity index (χ1n) is 6.64. The maximum atomic E-state index is 6.12. The van der Waals surface area contributed by atoms with E-state index >= 15 is 0 Å². The Morgan fingerprint density at radius 2 is 1.73 bits per heavy atom. The van der Waals surface area contributed by atoms with Crippen LogP contribution in [0.1, 0.15) is 17.0 Å². The van der Waals surface area contributed by atoms with E-state index in [9.17, 15) is 0 Å². The highest BCUT2D eigenvalue weighted by atomic mass is 35.5. The van der Waals surface area contributed by atoms with E-state index in [2.05, 4.69) is 10.2 Å². The van der Waals surface area contributed by atoms with Gasteiger partial charge in [-0.05, 0) is 29.3 Å². The van der Waals surface area contributed by atoms with Gasteiger partial charge in [-0.1, -0.05) is 65.3 Å². The molecule has 1 aromatic heterocycles. The van der Waals surface area contributed by atoms with Crippen LogP contribution in [0, 0.1) is 0 Å². The van der Waals surface area contributed by atoms with Crippen molar-refractivity contribution in [3.63, 3.8) is 0 Å². The highest BCUT2D eigenvalue weighted by Crippen LogP contribution is 2.26. The molecule has 1 heterocycles. The molecule has 0 unspecified atom stereocenters. The fourth-order valence-corrected chi connectivity index (χ4v) is 3.09. The van der Waals surface area contributed by atoms with Crippen LogP contribution in [-0.2, 0) is 12.2 Å². The van der Waals surface area contributed by atoms with Gasteiger partial charge in [-0.15, -0.1) is 10.2 Å². The molecule has 3 nitrogen and oxygen atoms in total. The van der Waals surface area contributed by atoms with E-state index < -0.39 is 0 Å². The van der Waals surface area contributed by atoms with E-state index in [1.54, 1.807) is 0 Å². The quantitative estimate of drug-likeness (QED) is 0.588. The number of rotatable bonds is 5. The topological polar surface area (TPSA) is 38.9 Å². The van der Waals surface area contributed by atoms with Gasteiger partial charge in [-0.3, -0.25) is 0 Å². The average Bonchev–Trinajstić information content (AvgIpc) is 2.96. The summed E-state index contributed by atoms with van der Waals surface area (Å²) in [5, 5.41) is 10.1. The lowest BCUT2D eigenvalue weighted by atomic mass is 10.1. The molecule has 6 heteroatoms. The van der Waals surface area contributed by atoms with Crippen molar-refractivity contribution in [1.29, 1.82) is 0 Å². The van der Waals surface area contributed by atoms with Gasteiger partial charge in [0.2, 0.25) is 5.89 Å². The number of halogens is 2. The fraction of sp³-hybridized carbons (Fsp3) is 0.125. The number of hydrogen-bond donors (Lipinski definition) is 0. The van der Waals surface area contributed by atoms with Crippen LogP contribution in [0.5, 0.6) is 0 Å². The van der Waals surface area contributed by atoms with Gasteiger partial charge in [0, 0.05) is 15.8 Å². The molecule has 0 N–H and O–H groups in total. The van der Waals surface area contributed by atoms with Gasteiger partial charge in [0.25, 0.3) is 5.22 Å². The van der Waals surface area contributed by atoms with Gasteiger partial charge < -0.3 is 4.42 Å². The Morgan fingerprint density at radius 3 is 2.50 bits per heavy atom. The molecule has 0 saturated heterocycles. The van der Waals surface area contributed by atoms with Crippen LogP contribution in [0.25, 0.3) is 0 Å². The zero-order valence-electron chi connectivity index (χ0n) is 11.5. The molecule has 0 spiro atoms. The van der Waals surface area contributed by atoms with Crippen molar-refractivity contribution >= 4 is 35.0 Å². The van der Waals surface area contributed by atoms with E-state index in [1.165, 1.54) is 11.8 Å². The Kier molecular flexibility index (Phi) is 5.03. The van der Waals surface area contributed by atoms with Crippen LogP contribution in [0.4, 0.5) is 0 Å². The Balaban J connectivity index is 1.61. The third-order valence-corrected chi connectivity index (χ3v) is 4.51. The predicted molar refractivity (Wildman–Crippen MR) is 89.6 cm³/mol. The molecule has 0 atom stereocenters. The van der Waals surface area contributed by atoms with Crippen LogP contribution >= 0.6 is 35.0 Å². The summed E-state index contributed by atoms with van der Waals surface area (Å²) in [7, 11) is 0. The predicted octanol–water partition coefficient (Wildman–Crippen LogP) is 5.26. The van der Waals surface area contributed by atoms with Crippen molar-refractivity contribution < 1.29 is 4.42 Å². The minimum absolute atomic E-state index is 0.545. The van der Waals surface area contributed by atoms with Crippen LogP contribution in [-0.4, -0.2) is 10.2 Å². The van der Waals surface area contributed by atoms with Crippen LogP contribution < -0.4 is 0 Å². The number of hydrogen-bond acceptors (Lipinski definition) is 4. The molecule has 0 radical (unpaired) electrons. The van der Waals surface area contributed by atoms with Gasteiger partial charge in [0.15, 0.2) is 0 Å². The van der Waals surface area contributed by atoms with Crippen molar-refractivity contribution in [2.45, 2.75) is 17.4 Å². The van der Waals surface area contributed by atoms with Crippen LogP contribution in [0.3, 0.4) is 0 Å². The number of thioether (sulfide) groups is 1. The maximum Gasteiger partial charge on any atom is 0.276 e. The summed E-state index contributed by atoms with van der Waals surface area (Å²) >= 11 is 13.5. The standard InChI is InChI=1S/C16H12Cl2N2OS/c17-13-7-5-11(6-8-13)9-15-19-20-16(21-15)22-10-12-3-1-2-4-14(12)18/h1-8H,9-10H2. The Bertz CT molecular complexity index is 759. The van der Waals surface area contributed by atoms with Crippen molar-refractivity contribution in [1.82, 2.24) is 10.2 Å². The first kappa shape index (κ1) is 15.4. The molecule has 0 aliphatic rings. The smallest absolute Gasteiger partial charge is 0.276 e. The van der Waals surface area contributed by atoms with Crippen molar-refractivity contribution in [2.75, 3.05) is 0 Å². The molecular formula is C16H12Cl2N2OS. The highest BCUT2D eigenvalue weighted by molar-refractivity contribution is 7.98. The second-order valence-corrected chi connectivity index (χ2v) is 6.42. The minimum Gasteiger partial charge on any atom is -0.416 e. The molecule has 0 fully saturated rings. The van der Waals surface area contributed by atoms with E-state index in [0.717, 1.165) is 16.1 Å². The van der Waals surface area contributed by atoms with Crippen molar-refractivity contribution in [3.8, 4) is 0 Å². The lowest BCUT2D eigenvalue weighted by Crippen LogP contribution is -1.87. The van der Waals surface area contributed by atoms with E-state index in [1.807, 2.05) is 48.5 Å². The van der Waals surface area contributed by atoms with Gasteiger partial charge in [0.05, 0.1) is 6.42 Å². The number of benzene rings is 2. The molecule has 3 rings (SSSR count). The summed E-state index contributed by atoms with van der Waals surface area (Å²) < 4.78 is 5.64. The molecule has 0 aliphatic heterocycles. The summed E-state index contributed by atoms with van der Waals surface area (Å²) in [4.78, 5) is 0. The summed E-state index contributed by atoms with van der Waals surface area (Å²) in [5.74, 6) is 1.28. The minimum atomic E-state index is 0.545. The normalized spacial score (nSPS) is 10.8. The monoisotopic (exact) mass is 350 g/mol. The summed E-state index contributed by atoms with van der Waals surface area (Å²) in [6.45, 7) is 0. The lowest BCUT2D eigenvalue weighted by molar-refractivity contribution is 0.420. The average molecular weight is 351 g/mol. The zero-order chi connectivity index (χ0) is 15.4. The summed E-state index contributed by atoms with van der Waals surface area (Å²) in [6.07, 6.45) is 0.594. The van der Waals surface area contributed by atoms with Crippen LogP contribution in [0.2, 0.25) is 10.0 Å². The third-order valence-electron chi connectivity index (χ3n) is 3.03. The van der Waals surface area contributed by atoms with Gasteiger partial charge in [-0.25, -0.2) is 0 Å². The van der Waals surface area contributed by atoms with Gasteiger partial charge in [-0.2, -0.15) is 0 Å². The van der Waals surface area contributed by atoms with Crippen molar-refractivity contribution in [3.05, 3.63) is 75.6 Å². The molecule has 2 aromatic carbocycles. The second kappa shape index (κ2) is 7.18. The largest absolute Gasteiger partial charge is 0.416 e. The number of aromatic nitrogens is 2. The Labute approximate surface area is 142 Å². The fourth-order valence-electron chi connectivity index (χ4n) is 1.90. The first-order chi connectivity index (χ1) is 10.7. The Morgan fingerprint density at radius 1 is 0.955 bits per heavy atom. The van der Waals surface area contributed by atoms with Gasteiger partial charge >= 0.3 is 0 Å². The second-order valence-electron chi connectivity index (χ2n) is 4.65. The summed E-state index contributed by atoms with van der Waals surface area (Å²) in [6, 6.07) is 15.3. The molecule has 0 saturated carbocycles. The lowest BCUT2D eigenvalue weighted by Gasteiger charge is -2.00. The van der Waals surface area contributed by atoms with E-state index in [4.69, 9.17) is 27.6 Å². The molecule has 3 aromatic rings. The number of nitrogens with zero attached hydrogens (tertiary/aromatic N) is 2. The first-order valence-corrected chi connectivity index (χ1v) is 8.38. The van der Waals surface area contributed by atoms with E-state index in [-0.39, 0.29) is 0 Å². The van der Waals surface area contributed by atoms with Gasteiger partial charge in [0.1, 0.15) is 0 Å². The van der Waals surface area contributed by atoms with E-state index in [0.29, 0.717) is 28.3 Å². The highest BCUT2D eigenvalue weighted by Gasteiger charge is 2.09. The molecule has 0 amide bonds. The van der Waals surface area contributed by atoms with Crippen molar-refractivity contribution in [2.24, 2.45) is 0 Å². The summed E-state index contributed by atoms with van der Waals surface area (Å²) in [5.41, 5.74) is 2.13. The molecule has 22 heavy (non-hydrogen) atoms. The molecule has 0 bridgehead atoms. The molecular weight excluding hydrogens is 339 g/mol. The third kappa shape index (κ3) is 4.03. The maximum absolute atomic E-state index is 6.12. The zero-order valence-corrected chi connectivity index (χ0v) is 13.8. The van der Waals surface area contributed by atoms with Crippen LogP contribution in [0.15, 0.2) is 58.2 Å². The molecule has 0 aliphatic carbocycles. The Hall–Kier alpha value is -1.49. The molecule has 112 valence electrons.